The van der Waals surface area contributed by atoms with E-state index >= 15 is 0 Å². The molecule has 0 aliphatic rings. The van der Waals surface area contributed by atoms with E-state index in [0.717, 1.165) is 5.56 Å². The predicted octanol–water partition coefficient (Wildman–Crippen LogP) is 4.53. The topological polar surface area (TPSA) is 102 Å². The number of nitrogens with one attached hydrogen (secondary N) is 2. The van der Waals surface area contributed by atoms with Gasteiger partial charge in [-0.25, -0.2) is 13.2 Å². The van der Waals surface area contributed by atoms with Crippen LogP contribution in [0.4, 0.5) is 11.4 Å². The zero-order chi connectivity index (χ0) is 23.3. The van der Waals surface area contributed by atoms with Gasteiger partial charge in [-0.1, -0.05) is 24.3 Å². The van der Waals surface area contributed by atoms with Crippen molar-refractivity contribution < 1.29 is 22.7 Å². The molecule has 3 aromatic carbocycles. The number of hydrogen-bond donors (Lipinski definition) is 2. The molecule has 0 aromatic heterocycles. The van der Waals surface area contributed by atoms with Crippen molar-refractivity contribution in [2.24, 2.45) is 0 Å². The van der Waals surface area contributed by atoms with Crippen molar-refractivity contribution in [3.05, 3.63) is 89.0 Å². The van der Waals surface area contributed by atoms with Crippen molar-refractivity contribution in [2.45, 2.75) is 25.7 Å². The second kappa shape index (κ2) is 9.65. The highest BCUT2D eigenvalue weighted by molar-refractivity contribution is 7.92. The minimum Gasteiger partial charge on any atom is -0.462 e. The average molecular weight is 453 g/mol. The van der Waals surface area contributed by atoms with Crippen LogP contribution in [0.2, 0.25) is 0 Å². The summed E-state index contributed by atoms with van der Waals surface area (Å²) in [6, 6.07) is 17.7. The molecule has 0 radical (unpaired) electrons. The van der Waals surface area contributed by atoms with Crippen molar-refractivity contribution in [1.29, 1.82) is 0 Å². The lowest BCUT2D eigenvalue weighted by atomic mass is 10.1. The van der Waals surface area contributed by atoms with Gasteiger partial charge in [-0.2, -0.15) is 0 Å². The molecule has 0 aliphatic heterocycles. The predicted molar refractivity (Wildman–Crippen MR) is 124 cm³/mol. The van der Waals surface area contributed by atoms with Crippen molar-refractivity contribution >= 4 is 33.3 Å². The van der Waals surface area contributed by atoms with Gasteiger partial charge in [0.15, 0.2) is 0 Å². The van der Waals surface area contributed by atoms with Crippen molar-refractivity contribution in [3.63, 3.8) is 0 Å². The van der Waals surface area contributed by atoms with E-state index in [9.17, 15) is 18.0 Å². The summed E-state index contributed by atoms with van der Waals surface area (Å²) in [6.07, 6.45) is 0. The smallest absolute Gasteiger partial charge is 0.338 e. The lowest BCUT2D eigenvalue weighted by molar-refractivity contribution is 0.0526. The molecule has 0 aliphatic carbocycles. The second-order valence-corrected chi connectivity index (χ2v) is 8.83. The molecule has 0 spiro atoms. The van der Waals surface area contributed by atoms with Crippen LogP contribution in [0.5, 0.6) is 0 Å². The van der Waals surface area contributed by atoms with E-state index in [2.05, 4.69) is 10.0 Å². The fraction of sp³-hybridized carbons (Fsp3) is 0.167. The number of esters is 1. The van der Waals surface area contributed by atoms with Crippen molar-refractivity contribution in [2.75, 3.05) is 16.6 Å². The Morgan fingerprint density at radius 1 is 0.844 bits per heavy atom. The van der Waals surface area contributed by atoms with Gasteiger partial charge in [-0.3, -0.25) is 9.52 Å². The van der Waals surface area contributed by atoms with Crippen LogP contribution in [0, 0.1) is 13.8 Å². The molecular formula is C24H24N2O5S. The van der Waals surface area contributed by atoms with E-state index < -0.39 is 16.0 Å². The number of carbonyl (C=O) groups is 2. The Balaban J connectivity index is 1.79. The van der Waals surface area contributed by atoms with Crippen LogP contribution in [0.25, 0.3) is 0 Å². The number of ether oxygens (including phenoxy) is 1. The first-order valence-electron chi connectivity index (χ1n) is 9.99. The second-order valence-electron chi connectivity index (χ2n) is 7.15. The Morgan fingerprint density at radius 3 is 2.19 bits per heavy atom. The quantitative estimate of drug-likeness (QED) is 0.513. The molecule has 32 heavy (non-hydrogen) atoms. The summed E-state index contributed by atoms with van der Waals surface area (Å²) in [5, 5.41) is 2.80. The maximum absolute atomic E-state index is 12.8. The summed E-state index contributed by atoms with van der Waals surface area (Å²) in [7, 11) is -3.74. The standard InChI is InChI=1S/C24H24N2O5S/c1-4-31-24(28)19-11-10-16(2)22(15-19)25-23(27)18-12-13-21(17(3)14-18)26-32(29,30)20-8-6-5-7-9-20/h5-15,26H,4H2,1-3H3,(H,25,27). The Bertz CT molecular complexity index is 1250. The zero-order valence-corrected chi connectivity index (χ0v) is 18.8. The van der Waals surface area contributed by atoms with Crippen LogP contribution < -0.4 is 10.0 Å². The SMILES string of the molecule is CCOC(=O)c1ccc(C)c(NC(=O)c2ccc(NS(=O)(=O)c3ccccc3)c(C)c2)c1. The molecule has 3 aromatic rings. The van der Waals surface area contributed by atoms with Crippen molar-refractivity contribution in [3.8, 4) is 0 Å². The van der Waals surface area contributed by atoms with Crippen LogP contribution >= 0.6 is 0 Å². The van der Waals surface area contributed by atoms with Crippen LogP contribution in [0.1, 0.15) is 38.8 Å². The van der Waals surface area contributed by atoms with Crippen LogP contribution in [0.3, 0.4) is 0 Å². The molecule has 0 saturated carbocycles. The fourth-order valence-electron chi connectivity index (χ4n) is 3.02. The van der Waals surface area contributed by atoms with E-state index in [0.29, 0.717) is 28.1 Å². The monoisotopic (exact) mass is 452 g/mol. The van der Waals surface area contributed by atoms with Gasteiger partial charge in [0.1, 0.15) is 0 Å². The first-order chi connectivity index (χ1) is 15.2. The number of sulfonamides is 1. The third-order valence-corrected chi connectivity index (χ3v) is 6.16. The van der Waals surface area contributed by atoms with E-state index in [4.69, 9.17) is 4.74 Å². The van der Waals surface area contributed by atoms with Crippen LogP contribution in [-0.4, -0.2) is 26.9 Å². The number of hydrogen-bond acceptors (Lipinski definition) is 5. The Hall–Kier alpha value is -3.65. The van der Waals surface area contributed by atoms with Gasteiger partial charge < -0.3 is 10.1 Å². The summed E-state index contributed by atoms with van der Waals surface area (Å²) in [5.74, 6) is -0.844. The van der Waals surface area contributed by atoms with Crippen LogP contribution in [0.15, 0.2) is 71.6 Å². The van der Waals surface area contributed by atoms with Crippen molar-refractivity contribution in [1.82, 2.24) is 0 Å². The highest BCUT2D eigenvalue weighted by Crippen LogP contribution is 2.23. The van der Waals surface area contributed by atoms with Gasteiger partial charge in [-0.05, 0) is 74.4 Å². The molecule has 166 valence electrons. The highest BCUT2D eigenvalue weighted by Gasteiger charge is 2.17. The lowest BCUT2D eigenvalue weighted by Gasteiger charge is -2.13. The number of amides is 1. The third-order valence-electron chi connectivity index (χ3n) is 4.78. The Kier molecular flexibility index (Phi) is 6.95. The minimum atomic E-state index is -3.74. The number of rotatable bonds is 7. The molecule has 7 nitrogen and oxygen atoms in total. The lowest BCUT2D eigenvalue weighted by Crippen LogP contribution is -2.16. The Labute approximate surface area is 187 Å². The van der Waals surface area contributed by atoms with Gasteiger partial charge in [0.25, 0.3) is 15.9 Å². The molecule has 2 N–H and O–H groups in total. The van der Waals surface area contributed by atoms with Gasteiger partial charge in [-0.15, -0.1) is 0 Å². The van der Waals surface area contributed by atoms with Gasteiger partial charge in [0.05, 0.1) is 22.8 Å². The third kappa shape index (κ3) is 5.33. The summed E-state index contributed by atoms with van der Waals surface area (Å²) >= 11 is 0. The number of aryl methyl sites for hydroxylation is 2. The number of anilines is 2. The summed E-state index contributed by atoms with van der Waals surface area (Å²) in [4.78, 5) is 24.9. The fourth-order valence-corrected chi connectivity index (χ4v) is 4.17. The number of carbonyl (C=O) groups excluding carboxylic acids is 2. The van der Waals surface area contributed by atoms with E-state index in [1.807, 2.05) is 6.92 Å². The molecule has 0 heterocycles. The molecule has 0 fully saturated rings. The molecular weight excluding hydrogens is 428 g/mol. The Morgan fingerprint density at radius 2 is 1.53 bits per heavy atom. The maximum Gasteiger partial charge on any atom is 0.338 e. The van der Waals surface area contributed by atoms with E-state index in [1.165, 1.54) is 18.2 Å². The molecule has 1 amide bonds. The molecule has 0 unspecified atom stereocenters. The first-order valence-corrected chi connectivity index (χ1v) is 11.5. The van der Waals surface area contributed by atoms with E-state index in [1.54, 1.807) is 62.4 Å². The molecule has 0 saturated heterocycles. The maximum atomic E-state index is 12.8. The molecule has 0 bridgehead atoms. The van der Waals surface area contributed by atoms with Gasteiger partial charge >= 0.3 is 5.97 Å². The summed E-state index contributed by atoms with van der Waals surface area (Å²) in [6.45, 7) is 5.51. The van der Waals surface area contributed by atoms with E-state index in [-0.39, 0.29) is 17.4 Å². The zero-order valence-electron chi connectivity index (χ0n) is 18.0. The molecule has 3 rings (SSSR count). The van der Waals surface area contributed by atoms with Gasteiger partial charge in [0, 0.05) is 11.3 Å². The first kappa shape index (κ1) is 23.0. The largest absolute Gasteiger partial charge is 0.462 e. The summed E-state index contributed by atoms with van der Waals surface area (Å²) < 4.78 is 32.7. The molecule has 0 atom stereocenters. The van der Waals surface area contributed by atoms with Gasteiger partial charge in [0.2, 0.25) is 0 Å². The summed E-state index contributed by atoms with van der Waals surface area (Å²) in [5.41, 5.74) is 2.95. The molecule has 8 heteroatoms. The average Bonchev–Trinajstić information content (AvgIpc) is 2.77. The minimum absolute atomic E-state index is 0.151. The van der Waals surface area contributed by atoms with Crippen LogP contribution in [-0.2, 0) is 14.8 Å². The highest BCUT2D eigenvalue weighted by atomic mass is 32.2. The normalized spacial score (nSPS) is 11.0. The number of benzene rings is 3.